The summed E-state index contributed by atoms with van der Waals surface area (Å²) in [5.41, 5.74) is 0. The van der Waals surface area contributed by atoms with Crippen LogP contribution in [0, 0.1) is 0 Å². The van der Waals surface area contributed by atoms with Crippen LogP contribution < -0.4 is 5.32 Å². The number of nitrogens with one attached hydrogen (secondary N) is 1. The summed E-state index contributed by atoms with van der Waals surface area (Å²) in [5, 5.41) is 3.04. The molecule has 0 aromatic heterocycles. The number of rotatable bonds is 3. The standard InChI is InChI=1S/C13H22N2O3/c16-12(10-15-8-5-9-18-13(15)17)14-11-6-3-1-2-4-7-11/h11H,1-10H2,(H,14,16). The van der Waals surface area contributed by atoms with Gasteiger partial charge >= 0.3 is 6.09 Å². The van der Waals surface area contributed by atoms with Crippen molar-refractivity contribution in [2.75, 3.05) is 19.7 Å². The summed E-state index contributed by atoms with van der Waals surface area (Å²) in [6.07, 6.45) is 7.50. The maximum absolute atomic E-state index is 11.9. The van der Waals surface area contributed by atoms with Gasteiger partial charge in [0.2, 0.25) is 5.91 Å². The molecule has 0 radical (unpaired) electrons. The topological polar surface area (TPSA) is 58.6 Å². The van der Waals surface area contributed by atoms with E-state index in [1.165, 1.54) is 30.6 Å². The molecule has 2 amide bonds. The summed E-state index contributed by atoms with van der Waals surface area (Å²) in [5.74, 6) is -0.0549. The Hall–Kier alpha value is -1.26. The minimum Gasteiger partial charge on any atom is -0.449 e. The van der Waals surface area contributed by atoms with Gasteiger partial charge in [0.25, 0.3) is 0 Å². The number of hydrogen-bond donors (Lipinski definition) is 1. The monoisotopic (exact) mass is 254 g/mol. The molecule has 0 spiro atoms. The zero-order valence-corrected chi connectivity index (χ0v) is 10.8. The Morgan fingerprint density at radius 1 is 1.22 bits per heavy atom. The third-order valence-electron chi connectivity index (χ3n) is 3.61. The van der Waals surface area contributed by atoms with Gasteiger partial charge in [0.15, 0.2) is 0 Å². The maximum atomic E-state index is 11.9. The normalized spacial score (nSPS) is 22.2. The van der Waals surface area contributed by atoms with E-state index in [-0.39, 0.29) is 18.5 Å². The first-order valence-corrected chi connectivity index (χ1v) is 6.97. The molecule has 2 aliphatic rings. The largest absolute Gasteiger partial charge is 0.449 e. The van der Waals surface area contributed by atoms with Crippen molar-refractivity contribution in [1.29, 1.82) is 0 Å². The van der Waals surface area contributed by atoms with E-state index in [0.29, 0.717) is 19.2 Å². The highest BCUT2D eigenvalue weighted by Crippen LogP contribution is 2.17. The smallest absolute Gasteiger partial charge is 0.410 e. The quantitative estimate of drug-likeness (QED) is 0.779. The zero-order valence-electron chi connectivity index (χ0n) is 10.8. The molecule has 1 aliphatic carbocycles. The van der Waals surface area contributed by atoms with Gasteiger partial charge in [0.1, 0.15) is 6.54 Å². The third kappa shape index (κ3) is 3.89. The average Bonchev–Trinajstić information content (AvgIpc) is 2.61. The van der Waals surface area contributed by atoms with Gasteiger partial charge in [0.05, 0.1) is 6.61 Å². The Morgan fingerprint density at radius 2 is 1.94 bits per heavy atom. The van der Waals surface area contributed by atoms with Crippen molar-refractivity contribution in [3.05, 3.63) is 0 Å². The second-order valence-electron chi connectivity index (χ2n) is 5.15. The third-order valence-corrected chi connectivity index (χ3v) is 3.61. The Morgan fingerprint density at radius 3 is 2.61 bits per heavy atom. The summed E-state index contributed by atoms with van der Waals surface area (Å²) in [4.78, 5) is 24.8. The second-order valence-corrected chi connectivity index (χ2v) is 5.15. The molecule has 1 saturated carbocycles. The Kier molecular flexibility index (Phi) is 4.84. The van der Waals surface area contributed by atoms with Crippen LogP contribution in [-0.2, 0) is 9.53 Å². The van der Waals surface area contributed by atoms with E-state index in [1.807, 2.05) is 0 Å². The van der Waals surface area contributed by atoms with Crippen LogP contribution in [0.5, 0.6) is 0 Å². The molecule has 0 aromatic carbocycles. The molecule has 2 rings (SSSR count). The Balaban J connectivity index is 1.75. The van der Waals surface area contributed by atoms with E-state index in [2.05, 4.69) is 5.32 Å². The number of ether oxygens (including phenoxy) is 1. The molecule has 1 heterocycles. The fourth-order valence-electron chi connectivity index (χ4n) is 2.61. The van der Waals surface area contributed by atoms with Gasteiger partial charge in [-0.1, -0.05) is 25.7 Å². The SMILES string of the molecule is O=C(CN1CCCOC1=O)NC1CCCCCC1. The average molecular weight is 254 g/mol. The first-order valence-electron chi connectivity index (χ1n) is 6.97. The Labute approximate surface area is 108 Å². The second kappa shape index (κ2) is 6.61. The summed E-state index contributed by atoms with van der Waals surface area (Å²) in [6, 6.07) is 0.292. The van der Waals surface area contributed by atoms with Gasteiger partial charge in [-0.2, -0.15) is 0 Å². The molecule has 0 aromatic rings. The zero-order chi connectivity index (χ0) is 12.8. The molecule has 18 heavy (non-hydrogen) atoms. The van der Waals surface area contributed by atoms with E-state index < -0.39 is 0 Å². The summed E-state index contributed by atoms with van der Waals surface area (Å²) >= 11 is 0. The van der Waals surface area contributed by atoms with Crippen LogP contribution in [0.15, 0.2) is 0 Å². The van der Waals surface area contributed by atoms with Gasteiger partial charge in [-0.25, -0.2) is 4.79 Å². The lowest BCUT2D eigenvalue weighted by Gasteiger charge is -2.26. The van der Waals surface area contributed by atoms with Crippen LogP contribution in [0.3, 0.4) is 0 Å². The van der Waals surface area contributed by atoms with Gasteiger partial charge in [-0.05, 0) is 19.3 Å². The number of amides is 2. The molecule has 0 atom stereocenters. The Bertz CT molecular complexity index is 299. The molecule has 2 fully saturated rings. The van der Waals surface area contributed by atoms with Gasteiger partial charge in [0, 0.05) is 12.6 Å². The summed E-state index contributed by atoms with van der Waals surface area (Å²) < 4.78 is 4.91. The van der Waals surface area contributed by atoms with E-state index in [1.54, 1.807) is 0 Å². The van der Waals surface area contributed by atoms with E-state index in [9.17, 15) is 9.59 Å². The lowest BCUT2D eigenvalue weighted by Crippen LogP contribution is -2.46. The van der Waals surface area contributed by atoms with Crippen molar-refractivity contribution in [3.63, 3.8) is 0 Å². The number of carbonyl (C=O) groups is 2. The molecule has 5 heteroatoms. The maximum Gasteiger partial charge on any atom is 0.410 e. The molecular weight excluding hydrogens is 232 g/mol. The first kappa shape index (κ1) is 13.2. The lowest BCUT2D eigenvalue weighted by atomic mass is 10.1. The van der Waals surface area contributed by atoms with Crippen LogP contribution in [0.1, 0.15) is 44.9 Å². The fourth-order valence-corrected chi connectivity index (χ4v) is 2.61. The van der Waals surface area contributed by atoms with Crippen molar-refractivity contribution in [3.8, 4) is 0 Å². The van der Waals surface area contributed by atoms with Crippen molar-refractivity contribution in [1.82, 2.24) is 10.2 Å². The summed E-state index contributed by atoms with van der Waals surface area (Å²) in [7, 11) is 0. The van der Waals surface area contributed by atoms with Crippen molar-refractivity contribution < 1.29 is 14.3 Å². The number of cyclic esters (lactones) is 1. The first-order chi connectivity index (χ1) is 8.75. The lowest BCUT2D eigenvalue weighted by molar-refractivity contribution is -0.123. The van der Waals surface area contributed by atoms with Crippen LogP contribution in [-0.4, -0.2) is 42.6 Å². The minimum atomic E-state index is -0.364. The highest BCUT2D eigenvalue weighted by atomic mass is 16.6. The van der Waals surface area contributed by atoms with Gasteiger partial charge in [-0.15, -0.1) is 0 Å². The van der Waals surface area contributed by atoms with E-state index >= 15 is 0 Å². The number of carbonyl (C=O) groups excluding carboxylic acids is 2. The molecule has 0 unspecified atom stereocenters. The van der Waals surface area contributed by atoms with Gasteiger partial charge in [-0.3, -0.25) is 9.69 Å². The molecule has 1 saturated heterocycles. The number of nitrogens with zero attached hydrogens (tertiary/aromatic N) is 1. The van der Waals surface area contributed by atoms with Crippen LogP contribution in [0.2, 0.25) is 0 Å². The molecule has 5 nitrogen and oxygen atoms in total. The minimum absolute atomic E-state index is 0.0549. The molecule has 0 bridgehead atoms. The van der Waals surface area contributed by atoms with Crippen molar-refractivity contribution >= 4 is 12.0 Å². The molecular formula is C13H22N2O3. The van der Waals surface area contributed by atoms with E-state index in [4.69, 9.17) is 4.74 Å². The fraction of sp³-hybridized carbons (Fsp3) is 0.846. The molecule has 1 aliphatic heterocycles. The van der Waals surface area contributed by atoms with Crippen LogP contribution in [0.4, 0.5) is 4.79 Å². The molecule has 102 valence electrons. The van der Waals surface area contributed by atoms with Crippen LogP contribution in [0.25, 0.3) is 0 Å². The highest BCUT2D eigenvalue weighted by molar-refractivity contribution is 5.82. The van der Waals surface area contributed by atoms with Crippen molar-refractivity contribution in [2.24, 2.45) is 0 Å². The highest BCUT2D eigenvalue weighted by Gasteiger charge is 2.23. The van der Waals surface area contributed by atoms with E-state index in [0.717, 1.165) is 19.3 Å². The van der Waals surface area contributed by atoms with Crippen LogP contribution >= 0.6 is 0 Å². The predicted molar refractivity (Wildman–Crippen MR) is 67.2 cm³/mol. The summed E-state index contributed by atoms with van der Waals surface area (Å²) in [6.45, 7) is 1.23. The van der Waals surface area contributed by atoms with Crippen molar-refractivity contribution in [2.45, 2.75) is 51.0 Å². The number of hydrogen-bond acceptors (Lipinski definition) is 3. The molecule has 1 N–H and O–H groups in total. The predicted octanol–water partition coefficient (Wildman–Crippen LogP) is 1.67. The van der Waals surface area contributed by atoms with Gasteiger partial charge < -0.3 is 10.1 Å².